The Balaban J connectivity index is 1.73. The van der Waals surface area contributed by atoms with Crippen LogP contribution in [0.15, 0.2) is 52.9 Å². The molecule has 1 aromatic heterocycles. The highest BCUT2D eigenvalue weighted by atomic mass is 16.4. The van der Waals surface area contributed by atoms with Gasteiger partial charge in [0.1, 0.15) is 5.41 Å². The second-order valence-electron chi connectivity index (χ2n) is 8.14. The number of aromatic nitrogens is 2. The highest BCUT2D eigenvalue weighted by Crippen LogP contribution is 2.46. The van der Waals surface area contributed by atoms with Crippen molar-refractivity contribution in [3.8, 4) is 0 Å². The molecule has 28 heavy (non-hydrogen) atoms. The van der Waals surface area contributed by atoms with E-state index in [0.29, 0.717) is 5.89 Å². The second kappa shape index (κ2) is 7.17. The fourth-order valence-electron chi connectivity index (χ4n) is 5.13. The molecule has 0 radical (unpaired) electrons. The monoisotopic (exact) mass is 373 g/mol. The van der Waals surface area contributed by atoms with Gasteiger partial charge in [0, 0.05) is 6.92 Å². The van der Waals surface area contributed by atoms with Crippen molar-refractivity contribution in [3.05, 3.63) is 82.6 Å². The molecule has 1 fully saturated rings. The van der Waals surface area contributed by atoms with Crippen LogP contribution in [0.3, 0.4) is 0 Å². The zero-order valence-corrected chi connectivity index (χ0v) is 16.5. The number of fused-ring (bicyclic) bond motifs is 2. The van der Waals surface area contributed by atoms with Crippen LogP contribution in [0.25, 0.3) is 0 Å². The number of hydrogen-bond acceptors (Lipinski definition) is 4. The molecule has 4 nitrogen and oxygen atoms in total. The minimum Gasteiger partial charge on any atom is -0.424 e. The summed E-state index contributed by atoms with van der Waals surface area (Å²) in [5.74, 6) is 1.38. The lowest BCUT2D eigenvalue weighted by Crippen LogP contribution is -2.36. The van der Waals surface area contributed by atoms with E-state index in [1.807, 2.05) is 6.92 Å². The molecule has 0 N–H and O–H groups in total. The molecule has 0 bridgehead atoms. The van der Waals surface area contributed by atoms with E-state index in [2.05, 4.69) is 63.6 Å². The first-order chi connectivity index (χ1) is 13.8. The van der Waals surface area contributed by atoms with Gasteiger partial charge in [-0.2, -0.15) is 0 Å². The van der Waals surface area contributed by atoms with Crippen molar-refractivity contribution < 1.29 is 4.42 Å². The van der Waals surface area contributed by atoms with Gasteiger partial charge in [0.15, 0.2) is 0 Å². The lowest BCUT2D eigenvalue weighted by atomic mass is 9.70. The maximum atomic E-state index is 6.17. The Morgan fingerprint density at radius 3 is 2.07 bits per heavy atom. The predicted molar refractivity (Wildman–Crippen MR) is 110 cm³/mol. The molecule has 1 aliphatic heterocycles. The molecule has 2 heterocycles. The van der Waals surface area contributed by atoms with Crippen LogP contribution in [0, 0.1) is 6.92 Å². The Hall–Kier alpha value is -2.46. The van der Waals surface area contributed by atoms with Crippen molar-refractivity contribution >= 4 is 0 Å². The zero-order valence-electron chi connectivity index (χ0n) is 16.5. The SMILES string of the molecule is Cc1nnc(C2(CCN3CCCC3)c3ccccc3CCc3ccccc32)o1. The van der Waals surface area contributed by atoms with Gasteiger partial charge in [0.2, 0.25) is 11.8 Å². The third-order valence-electron chi connectivity index (χ3n) is 6.51. The number of aryl methyl sites for hydroxylation is 3. The quantitative estimate of drug-likeness (QED) is 0.684. The summed E-state index contributed by atoms with van der Waals surface area (Å²) < 4.78 is 6.17. The van der Waals surface area contributed by atoms with Gasteiger partial charge in [-0.15, -0.1) is 10.2 Å². The highest BCUT2D eigenvalue weighted by molar-refractivity contribution is 5.54. The molecule has 0 saturated carbocycles. The number of rotatable bonds is 4. The van der Waals surface area contributed by atoms with Gasteiger partial charge in [-0.05, 0) is 74.0 Å². The van der Waals surface area contributed by atoms with Crippen molar-refractivity contribution in [2.24, 2.45) is 0 Å². The van der Waals surface area contributed by atoms with Crippen LogP contribution >= 0.6 is 0 Å². The van der Waals surface area contributed by atoms with Crippen LogP contribution in [-0.2, 0) is 18.3 Å². The Morgan fingerprint density at radius 1 is 0.893 bits per heavy atom. The number of benzene rings is 2. The van der Waals surface area contributed by atoms with Gasteiger partial charge in [-0.1, -0.05) is 48.5 Å². The summed E-state index contributed by atoms with van der Waals surface area (Å²) >= 11 is 0. The molecule has 2 aromatic carbocycles. The molecule has 0 spiro atoms. The molecule has 144 valence electrons. The van der Waals surface area contributed by atoms with E-state index in [1.165, 1.54) is 48.2 Å². The molecular weight excluding hydrogens is 346 g/mol. The molecule has 4 heteroatoms. The fourth-order valence-corrected chi connectivity index (χ4v) is 5.13. The van der Waals surface area contributed by atoms with E-state index in [1.54, 1.807) is 0 Å². The molecule has 2 aliphatic rings. The Bertz CT molecular complexity index is 924. The van der Waals surface area contributed by atoms with Gasteiger partial charge in [-0.25, -0.2) is 0 Å². The Kier molecular flexibility index (Phi) is 4.52. The van der Waals surface area contributed by atoms with Gasteiger partial charge in [0.25, 0.3) is 0 Å². The first kappa shape index (κ1) is 17.6. The van der Waals surface area contributed by atoms with Crippen LogP contribution < -0.4 is 0 Å². The van der Waals surface area contributed by atoms with Crippen LogP contribution in [0.1, 0.15) is 53.3 Å². The predicted octanol–water partition coefficient (Wildman–Crippen LogP) is 4.30. The van der Waals surface area contributed by atoms with Crippen LogP contribution in [0.4, 0.5) is 0 Å². The van der Waals surface area contributed by atoms with E-state index in [9.17, 15) is 0 Å². The van der Waals surface area contributed by atoms with Crippen LogP contribution in [-0.4, -0.2) is 34.7 Å². The summed E-state index contributed by atoms with van der Waals surface area (Å²) in [6.45, 7) is 5.33. The molecule has 1 saturated heterocycles. The minimum absolute atomic E-state index is 0.381. The average molecular weight is 374 g/mol. The standard InChI is InChI=1S/C24H27N3O/c1-18-25-26-23(28-18)24(14-17-27-15-6-7-16-27)21-10-4-2-8-19(21)12-13-20-9-3-5-11-22(20)24/h2-5,8-11H,6-7,12-17H2,1H3. The average Bonchev–Trinajstić information content (AvgIpc) is 3.38. The minimum atomic E-state index is -0.381. The normalized spacial score (nSPS) is 18.5. The lowest BCUT2D eigenvalue weighted by molar-refractivity contribution is 0.289. The summed E-state index contributed by atoms with van der Waals surface area (Å²) in [7, 11) is 0. The molecule has 5 rings (SSSR count). The Labute approximate surface area is 166 Å². The fraction of sp³-hybridized carbons (Fsp3) is 0.417. The van der Waals surface area contributed by atoms with Crippen LogP contribution in [0.5, 0.6) is 0 Å². The largest absolute Gasteiger partial charge is 0.424 e. The van der Waals surface area contributed by atoms with Crippen molar-refractivity contribution in [2.75, 3.05) is 19.6 Å². The summed E-state index contributed by atoms with van der Waals surface area (Å²) in [5, 5.41) is 8.82. The summed E-state index contributed by atoms with van der Waals surface area (Å²) in [5.41, 5.74) is 5.09. The molecule has 0 atom stereocenters. The molecule has 0 unspecified atom stereocenters. The number of nitrogens with zero attached hydrogens (tertiary/aromatic N) is 3. The second-order valence-corrected chi connectivity index (χ2v) is 8.14. The Morgan fingerprint density at radius 2 is 1.50 bits per heavy atom. The van der Waals surface area contributed by atoms with Gasteiger partial charge < -0.3 is 9.32 Å². The van der Waals surface area contributed by atoms with Gasteiger partial charge in [-0.3, -0.25) is 0 Å². The lowest BCUT2D eigenvalue weighted by Gasteiger charge is -2.34. The highest BCUT2D eigenvalue weighted by Gasteiger charge is 2.45. The molecule has 1 aliphatic carbocycles. The summed E-state index contributed by atoms with van der Waals surface area (Å²) in [6, 6.07) is 17.7. The van der Waals surface area contributed by atoms with Gasteiger partial charge in [0.05, 0.1) is 0 Å². The third kappa shape index (κ3) is 2.87. The molecular formula is C24H27N3O. The summed E-state index contributed by atoms with van der Waals surface area (Å²) in [6.07, 6.45) is 5.67. The van der Waals surface area contributed by atoms with E-state index in [-0.39, 0.29) is 5.41 Å². The maximum absolute atomic E-state index is 6.17. The van der Waals surface area contributed by atoms with E-state index in [4.69, 9.17) is 4.42 Å². The smallest absolute Gasteiger partial charge is 0.231 e. The zero-order chi connectivity index (χ0) is 19.0. The maximum Gasteiger partial charge on any atom is 0.231 e. The number of hydrogen-bond donors (Lipinski definition) is 0. The van der Waals surface area contributed by atoms with E-state index < -0.39 is 0 Å². The van der Waals surface area contributed by atoms with Crippen molar-refractivity contribution in [2.45, 2.75) is 44.4 Å². The first-order valence-corrected chi connectivity index (χ1v) is 10.5. The van der Waals surface area contributed by atoms with Gasteiger partial charge >= 0.3 is 0 Å². The molecule has 3 aromatic rings. The van der Waals surface area contributed by atoms with E-state index in [0.717, 1.165) is 31.7 Å². The van der Waals surface area contributed by atoms with Crippen LogP contribution in [0.2, 0.25) is 0 Å². The summed E-state index contributed by atoms with van der Waals surface area (Å²) in [4.78, 5) is 2.58. The number of likely N-dealkylation sites (tertiary alicyclic amines) is 1. The topological polar surface area (TPSA) is 42.2 Å². The van der Waals surface area contributed by atoms with E-state index >= 15 is 0 Å². The molecule has 0 amide bonds. The first-order valence-electron chi connectivity index (χ1n) is 10.5. The third-order valence-corrected chi connectivity index (χ3v) is 6.51. The van der Waals surface area contributed by atoms with Crippen molar-refractivity contribution in [1.82, 2.24) is 15.1 Å². The van der Waals surface area contributed by atoms with Crippen molar-refractivity contribution in [1.29, 1.82) is 0 Å². The van der Waals surface area contributed by atoms with Crippen molar-refractivity contribution in [3.63, 3.8) is 0 Å².